The number of amidine groups is 1. The summed E-state index contributed by atoms with van der Waals surface area (Å²) < 4.78 is 16.5. The van der Waals surface area contributed by atoms with Crippen LogP contribution in [-0.4, -0.2) is 39.2 Å². The molecule has 0 spiro atoms. The summed E-state index contributed by atoms with van der Waals surface area (Å²) in [5.41, 5.74) is 0. The number of hydrogen-bond acceptors (Lipinski definition) is 5. The summed E-state index contributed by atoms with van der Waals surface area (Å²) >= 11 is 0. The molecule has 1 atom stereocenters. The maximum Gasteiger partial charge on any atom is 0.204 e. The number of benzene rings is 1. The number of nitrogens with zero attached hydrogens (tertiary/aromatic N) is 1. The maximum absolute atomic E-state index is 5.90. The highest BCUT2D eigenvalue weighted by molar-refractivity contribution is 5.87. The summed E-state index contributed by atoms with van der Waals surface area (Å²) in [4.78, 5) is 4.34. The van der Waals surface area contributed by atoms with E-state index in [1.165, 1.54) is 0 Å². The van der Waals surface area contributed by atoms with E-state index < -0.39 is 0 Å². The van der Waals surface area contributed by atoms with Gasteiger partial charge in [0.15, 0.2) is 17.6 Å². The number of aliphatic imine (C=N–C) groups is 1. The van der Waals surface area contributed by atoms with E-state index in [-0.39, 0.29) is 6.10 Å². The summed E-state index contributed by atoms with van der Waals surface area (Å²) in [6, 6.07) is 5.55. The summed E-state index contributed by atoms with van der Waals surface area (Å²) in [6.07, 6.45) is -0.155. The van der Waals surface area contributed by atoms with E-state index in [4.69, 9.17) is 14.2 Å². The van der Waals surface area contributed by atoms with Crippen molar-refractivity contribution in [3.63, 3.8) is 0 Å². The molecule has 5 heteroatoms. The number of hydrogen-bond donors (Lipinski definition) is 1. The highest BCUT2D eigenvalue weighted by atomic mass is 16.5. The lowest BCUT2D eigenvalue weighted by Gasteiger charge is -2.19. The van der Waals surface area contributed by atoms with Gasteiger partial charge in [-0.15, -0.1) is 0 Å². The summed E-state index contributed by atoms with van der Waals surface area (Å²) in [5, 5.41) is 3.19. The number of para-hydroxylation sites is 1. The van der Waals surface area contributed by atoms with Gasteiger partial charge in [-0.2, -0.15) is 0 Å². The Kier molecular flexibility index (Phi) is 3.92. The van der Waals surface area contributed by atoms with Crippen LogP contribution in [0.2, 0.25) is 0 Å². The summed E-state index contributed by atoms with van der Waals surface area (Å²) in [7, 11) is 3.22. The number of rotatable bonds is 5. The standard InChI is InChI=1S/C13H18N2O3/c1-9(13-14-7-8-15-13)18-12-10(16-2)5-4-6-11(12)17-3/h4-6,9H,7-8H2,1-3H3,(H,14,15)/t9-/m0/s1. The molecule has 0 unspecified atom stereocenters. The van der Waals surface area contributed by atoms with Crippen LogP contribution in [0.25, 0.3) is 0 Å². The van der Waals surface area contributed by atoms with Gasteiger partial charge in [0.1, 0.15) is 5.84 Å². The summed E-state index contributed by atoms with van der Waals surface area (Å²) in [6.45, 7) is 3.61. The third-order valence-electron chi connectivity index (χ3n) is 2.76. The molecule has 5 nitrogen and oxygen atoms in total. The van der Waals surface area contributed by atoms with Crippen LogP contribution in [0.4, 0.5) is 0 Å². The average molecular weight is 250 g/mol. The minimum absolute atomic E-state index is 0.155. The molecule has 0 aromatic heterocycles. The number of ether oxygens (including phenoxy) is 3. The predicted molar refractivity (Wildman–Crippen MR) is 69.9 cm³/mol. The first kappa shape index (κ1) is 12.5. The minimum Gasteiger partial charge on any atom is -0.493 e. The fourth-order valence-electron chi connectivity index (χ4n) is 1.85. The molecule has 0 saturated heterocycles. The molecule has 98 valence electrons. The second-order valence-corrected chi connectivity index (χ2v) is 3.95. The van der Waals surface area contributed by atoms with E-state index >= 15 is 0 Å². The van der Waals surface area contributed by atoms with Crippen molar-refractivity contribution < 1.29 is 14.2 Å². The Balaban J connectivity index is 2.21. The van der Waals surface area contributed by atoms with Crippen molar-refractivity contribution >= 4 is 5.84 Å². The second kappa shape index (κ2) is 5.62. The van der Waals surface area contributed by atoms with Gasteiger partial charge in [-0.3, -0.25) is 4.99 Å². The molecule has 0 saturated carbocycles. The lowest BCUT2D eigenvalue weighted by Crippen LogP contribution is -2.33. The largest absolute Gasteiger partial charge is 0.493 e. The molecule has 1 aromatic carbocycles. The van der Waals surface area contributed by atoms with Gasteiger partial charge in [-0.25, -0.2) is 0 Å². The van der Waals surface area contributed by atoms with Gasteiger partial charge in [-0.05, 0) is 19.1 Å². The fraction of sp³-hybridized carbons (Fsp3) is 0.462. The topological polar surface area (TPSA) is 52.1 Å². The van der Waals surface area contributed by atoms with Crippen LogP contribution in [0, 0.1) is 0 Å². The van der Waals surface area contributed by atoms with Crippen molar-refractivity contribution in [1.82, 2.24) is 5.32 Å². The Bertz CT molecular complexity index is 424. The van der Waals surface area contributed by atoms with E-state index in [1.807, 2.05) is 25.1 Å². The molecule has 18 heavy (non-hydrogen) atoms. The van der Waals surface area contributed by atoms with E-state index in [0.717, 1.165) is 18.9 Å². The predicted octanol–water partition coefficient (Wildman–Crippen LogP) is 1.47. The van der Waals surface area contributed by atoms with Gasteiger partial charge in [0.2, 0.25) is 5.75 Å². The van der Waals surface area contributed by atoms with Crippen molar-refractivity contribution in [2.24, 2.45) is 4.99 Å². The molecule has 1 heterocycles. The molecule has 0 fully saturated rings. The van der Waals surface area contributed by atoms with E-state index in [1.54, 1.807) is 14.2 Å². The second-order valence-electron chi connectivity index (χ2n) is 3.95. The van der Waals surface area contributed by atoms with Crippen molar-refractivity contribution in [2.45, 2.75) is 13.0 Å². The smallest absolute Gasteiger partial charge is 0.204 e. The van der Waals surface area contributed by atoms with Crippen LogP contribution in [0.3, 0.4) is 0 Å². The van der Waals surface area contributed by atoms with Crippen LogP contribution in [0.1, 0.15) is 6.92 Å². The zero-order chi connectivity index (χ0) is 13.0. The van der Waals surface area contributed by atoms with Crippen molar-refractivity contribution in [1.29, 1.82) is 0 Å². The van der Waals surface area contributed by atoms with Gasteiger partial charge in [-0.1, -0.05) is 6.07 Å². The monoisotopic (exact) mass is 250 g/mol. The van der Waals surface area contributed by atoms with Gasteiger partial charge < -0.3 is 19.5 Å². The Hall–Kier alpha value is -1.91. The van der Waals surface area contributed by atoms with Crippen molar-refractivity contribution in [3.8, 4) is 17.2 Å². The third-order valence-corrected chi connectivity index (χ3v) is 2.76. The molecule has 0 aliphatic carbocycles. The Morgan fingerprint density at radius 1 is 1.22 bits per heavy atom. The lowest BCUT2D eigenvalue weighted by molar-refractivity contribution is 0.250. The first-order valence-electron chi connectivity index (χ1n) is 5.92. The zero-order valence-corrected chi connectivity index (χ0v) is 10.9. The number of methoxy groups -OCH3 is 2. The molecule has 0 radical (unpaired) electrons. The molecular formula is C13H18N2O3. The maximum atomic E-state index is 5.90. The van der Waals surface area contributed by atoms with Gasteiger partial charge in [0.25, 0.3) is 0 Å². The summed E-state index contributed by atoms with van der Waals surface area (Å²) in [5.74, 6) is 2.77. The molecule has 1 N–H and O–H groups in total. The van der Waals surface area contributed by atoms with Gasteiger partial charge in [0, 0.05) is 6.54 Å². The van der Waals surface area contributed by atoms with E-state index in [0.29, 0.717) is 17.2 Å². The van der Waals surface area contributed by atoms with Crippen molar-refractivity contribution in [2.75, 3.05) is 27.3 Å². The molecule has 1 aromatic rings. The molecule has 2 rings (SSSR count). The first-order chi connectivity index (χ1) is 8.76. The van der Waals surface area contributed by atoms with Gasteiger partial charge >= 0.3 is 0 Å². The molecular weight excluding hydrogens is 232 g/mol. The minimum atomic E-state index is -0.155. The average Bonchev–Trinajstić information content (AvgIpc) is 2.93. The Morgan fingerprint density at radius 2 is 1.89 bits per heavy atom. The van der Waals surface area contributed by atoms with Crippen LogP contribution in [0.15, 0.2) is 23.2 Å². The lowest BCUT2D eigenvalue weighted by atomic mass is 10.3. The highest BCUT2D eigenvalue weighted by Gasteiger charge is 2.19. The number of nitrogens with one attached hydrogen (secondary N) is 1. The van der Waals surface area contributed by atoms with Crippen molar-refractivity contribution in [3.05, 3.63) is 18.2 Å². The first-order valence-corrected chi connectivity index (χ1v) is 5.92. The third kappa shape index (κ3) is 2.50. The SMILES string of the molecule is COc1cccc(OC)c1O[C@@H](C)C1=NCCN1. The molecule has 1 aliphatic heterocycles. The van der Waals surface area contributed by atoms with Crippen LogP contribution >= 0.6 is 0 Å². The fourth-order valence-corrected chi connectivity index (χ4v) is 1.85. The van der Waals surface area contributed by atoms with Crippen LogP contribution < -0.4 is 19.5 Å². The van der Waals surface area contributed by atoms with E-state index in [2.05, 4.69) is 10.3 Å². The van der Waals surface area contributed by atoms with E-state index in [9.17, 15) is 0 Å². The molecule has 0 bridgehead atoms. The quantitative estimate of drug-likeness (QED) is 0.860. The normalized spacial score (nSPS) is 15.6. The highest BCUT2D eigenvalue weighted by Crippen LogP contribution is 2.37. The zero-order valence-electron chi connectivity index (χ0n) is 10.9. The van der Waals surface area contributed by atoms with Crippen LogP contribution in [-0.2, 0) is 0 Å². The van der Waals surface area contributed by atoms with Gasteiger partial charge in [0.05, 0.1) is 20.8 Å². The molecule has 1 aliphatic rings. The Morgan fingerprint density at radius 3 is 2.39 bits per heavy atom. The molecule has 0 amide bonds. The van der Waals surface area contributed by atoms with Crippen LogP contribution in [0.5, 0.6) is 17.2 Å². The Labute approximate surface area is 107 Å².